The lowest BCUT2D eigenvalue weighted by Crippen LogP contribution is -2.21. The summed E-state index contributed by atoms with van der Waals surface area (Å²) in [5, 5.41) is 0. The first kappa shape index (κ1) is 10.2. The predicted octanol–water partition coefficient (Wildman–Crippen LogP) is 1.61. The minimum Gasteiger partial charge on any atom is -0.449 e. The second kappa shape index (κ2) is 5.01. The Morgan fingerprint density at radius 3 is 3.00 bits per heavy atom. The van der Waals surface area contributed by atoms with Crippen LogP contribution in [0.2, 0.25) is 0 Å². The summed E-state index contributed by atoms with van der Waals surface area (Å²) in [6, 6.07) is 0. The van der Waals surface area contributed by atoms with Crippen LogP contribution in [0.4, 0.5) is 4.79 Å². The maximum absolute atomic E-state index is 11.3. The molecule has 0 N–H and O–H groups in total. The third-order valence-corrected chi connectivity index (χ3v) is 1.55. The molecule has 1 rings (SSSR count). The van der Waals surface area contributed by atoms with Crippen LogP contribution >= 0.6 is 0 Å². The highest BCUT2D eigenvalue weighted by molar-refractivity contribution is 5.80. The molecule has 74 valence electrons. The molecule has 0 bridgehead atoms. The third kappa shape index (κ3) is 2.58. The molecule has 1 aliphatic rings. The summed E-state index contributed by atoms with van der Waals surface area (Å²) >= 11 is 0. The second-order valence-electron chi connectivity index (χ2n) is 2.55. The number of nitrogens with zero attached hydrogens (tertiary/aromatic N) is 1. The van der Waals surface area contributed by atoms with E-state index >= 15 is 0 Å². The number of ether oxygens (including phenoxy) is 1. The lowest BCUT2D eigenvalue weighted by atomic mass is 10.3. The van der Waals surface area contributed by atoms with Crippen molar-refractivity contribution in [2.75, 3.05) is 6.61 Å². The van der Waals surface area contributed by atoms with E-state index in [-0.39, 0.29) is 0 Å². The predicted molar refractivity (Wildman–Crippen MR) is 51.3 cm³/mol. The van der Waals surface area contributed by atoms with Gasteiger partial charge in [-0.25, -0.2) is 4.79 Å². The Morgan fingerprint density at radius 2 is 2.36 bits per heavy atom. The molecule has 0 radical (unpaired) electrons. The lowest BCUT2D eigenvalue weighted by molar-refractivity contribution is -0.104. The first-order valence-electron chi connectivity index (χ1n) is 4.25. The van der Waals surface area contributed by atoms with E-state index < -0.39 is 6.09 Å². The van der Waals surface area contributed by atoms with Gasteiger partial charge in [0.25, 0.3) is 0 Å². The van der Waals surface area contributed by atoms with E-state index in [2.05, 4.69) is 0 Å². The summed E-state index contributed by atoms with van der Waals surface area (Å²) in [4.78, 5) is 23.0. The monoisotopic (exact) mass is 193 g/mol. The number of carbonyl (C=O) groups excluding carboxylic acids is 2. The SMILES string of the molecule is CCOC(=O)N1C=CC=CC(C=O)=C1. The fraction of sp³-hybridized carbons (Fsp3) is 0.200. The summed E-state index contributed by atoms with van der Waals surface area (Å²) in [6.07, 6.45) is 8.09. The number of aldehydes is 1. The zero-order valence-electron chi connectivity index (χ0n) is 7.84. The second-order valence-corrected chi connectivity index (χ2v) is 2.55. The van der Waals surface area contributed by atoms with Gasteiger partial charge >= 0.3 is 6.09 Å². The fourth-order valence-electron chi connectivity index (χ4n) is 0.937. The van der Waals surface area contributed by atoms with Gasteiger partial charge in [-0.15, -0.1) is 0 Å². The fourth-order valence-corrected chi connectivity index (χ4v) is 0.937. The molecule has 1 amide bonds. The highest BCUT2D eigenvalue weighted by atomic mass is 16.5. The Balaban J connectivity index is 2.79. The number of amides is 1. The summed E-state index contributed by atoms with van der Waals surface area (Å²) in [5.74, 6) is 0. The molecule has 0 aromatic rings. The van der Waals surface area contributed by atoms with E-state index in [9.17, 15) is 9.59 Å². The number of carbonyl (C=O) groups is 2. The van der Waals surface area contributed by atoms with Gasteiger partial charge in [-0.1, -0.05) is 12.2 Å². The van der Waals surface area contributed by atoms with Gasteiger partial charge in [0, 0.05) is 18.0 Å². The van der Waals surface area contributed by atoms with Crippen LogP contribution in [0.3, 0.4) is 0 Å². The Morgan fingerprint density at radius 1 is 1.57 bits per heavy atom. The van der Waals surface area contributed by atoms with E-state index in [0.29, 0.717) is 18.5 Å². The van der Waals surface area contributed by atoms with Crippen molar-refractivity contribution in [3.8, 4) is 0 Å². The average Bonchev–Trinajstić information content (AvgIpc) is 2.43. The molecule has 0 aliphatic carbocycles. The van der Waals surface area contributed by atoms with Crippen molar-refractivity contribution in [3.63, 3.8) is 0 Å². The van der Waals surface area contributed by atoms with Crippen molar-refractivity contribution < 1.29 is 14.3 Å². The summed E-state index contributed by atoms with van der Waals surface area (Å²) < 4.78 is 4.78. The van der Waals surface area contributed by atoms with Gasteiger partial charge in [-0.2, -0.15) is 0 Å². The molecule has 0 unspecified atom stereocenters. The first-order chi connectivity index (χ1) is 6.77. The molecule has 0 saturated heterocycles. The van der Waals surface area contributed by atoms with Crippen LogP contribution in [-0.4, -0.2) is 23.9 Å². The molecular weight excluding hydrogens is 182 g/mol. The highest BCUT2D eigenvalue weighted by Gasteiger charge is 2.10. The summed E-state index contributed by atoms with van der Waals surface area (Å²) in [6.45, 7) is 2.03. The molecule has 0 saturated carbocycles. The van der Waals surface area contributed by atoms with Gasteiger partial charge in [0.2, 0.25) is 0 Å². The zero-order valence-corrected chi connectivity index (χ0v) is 7.84. The van der Waals surface area contributed by atoms with Crippen molar-refractivity contribution in [1.29, 1.82) is 0 Å². The maximum Gasteiger partial charge on any atom is 0.417 e. The van der Waals surface area contributed by atoms with Gasteiger partial charge in [0.15, 0.2) is 6.29 Å². The van der Waals surface area contributed by atoms with Gasteiger partial charge in [0.05, 0.1) is 6.61 Å². The van der Waals surface area contributed by atoms with E-state index in [1.165, 1.54) is 17.3 Å². The molecule has 0 aromatic heterocycles. The quantitative estimate of drug-likeness (QED) is 0.626. The maximum atomic E-state index is 11.3. The number of hydrogen-bond donors (Lipinski definition) is 0. The van der Waals surface area contributed by atoms with Gasteiger partial charge < -0.3 is 4.74 Å². The highest BCUT2D eigenvalue weighted by Crippen LogP contribution is 2.06. The van der Waals surface area contributed by atoms with Crippen LogP contribution < -0.4 is 0 Å². The van der Waals surface area contributed by atoms with E-state index in [0.717, 1.165) is 0 Å². The van der Waals surface area contributed by atoms with Crippen LogP contribution in [0, 0.1) is 0 Å². The Hall–Kier alpha value is -1.84. The van der Waals surface area contributed by atoms with Crippen LogP contribution in [0.1, 0.15) is 6.92 Å². The molecule has 14 heavy (non-hydrogen) atoms. The first-order valence-corrected chi connectivity index (χ1v) is 4.25. The van der Waals surface area contributed by atoms with Crippen LogP contribution in [0.15, 0.2) is 36.2 Å². The lowest BCUT2D eigenvalue weighted by Gasteiger charge is -2.12. The minimum atomic E-state index is -0.494. The van der Waals surface area contributed by atoms with Crippen LogP contribution in [0.5, 0.6) is 0 Å². The molecule has 0 fully saturated rings. The van der Waals surface area contributed by atoms with E-state index in [1.54, 1.807) is 25.2 Å². The van der Waals surface area contributed by atoms with Crippen molar-refractivity contribution in [2.45, 2.75) is 6.92 Å². The van der Waals surface area contributed by atoms with E-state index in [1.807, 2.05) is 0 Å². The van der Waals surface area contributed by atoms with Crippen LogP contribution in [0.25, 0.3) is 0 Å². The standard InChI is InChI=1S/C10H11NO3/c1-2-14-10(13)11-6-4-3-5-9(7-11)8-12/h3-8H,2H2,1H3. The van der Waals surface area contributed by atoms with Gasteiger partial charge in [-0.05, 0) is 13.0 Å². The molecular formula is C10H11NO3. The minimum absolute atomic E-state index is 0.306. The van der Waals surface area contributed by atoms with Gasteiger partial charge in [-0.3, -0.25) is 9.69 Å². The summed E-state index contributed by atoms with van der Waals surface area (Å²) in [7, 11) is 0. The number of hydrogen-bond acceptors (Lipinski definition) is 3. The number of allylic oxidation sites excluding steroid dienone is 4. The van der Waals surface area contributed by atoms with Crippen molar-refractivity contribution >= 4 is 12.4 Å². The molecule has 0 spiro atoms. The van der Waals surface area contributed by atoms with Crippen molar-refractivity contribution in [1.82, 2.24) is 4.90 Å². The zero-order chi connectivity index (χ0) is 10.4. The molecule has 0 atom stereocenters. The molecule has 1 heterocycles. The Labute approximate surface area is 82.1 Å². The topological polar surface area (TPSA) is 46.6 Å². The van der Waals surface area contributed by atoms with Crippen LogP contribution in [-0.2, 0) is 9.53 Å². The Kier molecular flexibility index (Phi) is 3.67. The van der Waals surface area contributed by atoms with Gasteiger partial charge in [0.1, 0.15) is 0 Å². The number of rotatable bonds is 2. The van der Waals surface area contributed by atoms with E-state index in [4.69, 9.17) is 4.74 Å². The normalized spacial score (nSPS) is 14.6. The molecule has 0 aromatic carbocycles. The van der Waals surface area contributed by atoms with Crippen molar-refractivity contribution in [2.24, 2.45) is 0 Å². The molecule has 4 heteroatoms. The third-order valence-electron chi connectivity index (χ3n) is 1.55. The average molecular weight is 193 g/mol. The largest absolute Gasteiger partial charge is 0.449 e. The summed E-state index contributed by atoms with van der Waals surface area (Å²) in [5.41, 5.74) is 0.419. The molecule has 4 nitrogen and oxygen atoms in total. The van der Waals surface area contributed by atoms with Crippen molar-refractivity contribution in [3.05, 3.63) is 36.2 Å². The smallest absolute Gasteiger partial charge is 0.417 e. The molecule has 1 aliphatic heterocycles. The Bertz CT molecular complexity index is 315.